The van der Waals surface area contributed by atoms with Crippen LogP contribution in [0.4, 0.5) is 0 Å². The number of thioether (sulfide) groups is 1. The molecule has 0 spiro atoms. The van der Waals surface area contributed by atoms with Crippen molar-refractivity contribution in [3.63, 3.8) is 0 Å². The first-order valence-corrected chi connectivity index (χ1v) is 12.3. The minimum absolute atomic E-state index is 0. The molecule has 1 heterocycles. The number of hydrogen-bond acceptors (Lipinski definition) is 4. The molecule has 1 saturated carbocycles. The van der Waals surface area contributed by atoms with Crippen LogP contribution in [0.3, 0.4) is 0 Å². The third-order valence-corrected chi connectivity index (χ3v) is 6.57. The fourth-order valence-electron chi connectivity index (χ4n) is 4.08. The van der Waals surface area contributed by atoms with Gasteiger partial charge in [0.25, 0.3) is 0 Å². The first-order chi connectivity index (χ1) is 14.6. The Morgan fingerprint density at radius 2 is 1.90 bits per heavy atom. The summed E-state index contributed by atoms with van der Waals surface area (Å²) in [4.78, 5) is 4.37. The molecule has 0 saturated heterocycles. The van der Waals surface area contributed by atoms with Crippen molar-refractivity contribution in [2.75, 3.05) is 26.4 Å². The molecule has 6 nitrogen and oxygen atoms in total. The second kappa shape index (κ2) is 13.3. The van der Waals surface area contributed by atoms with E-state index in [9.17, 15) is 0 Å². The van der Waals surface area contributed by atoms with Crippen molar-refractivity contribution in [3.8, 4) is 0 Å². The van der Waals surface area contributed by atoms with E-state index in [0.29, 0.717) is 12.0 Å². The van der Waals surface area contributed by atoms with Crippen molar-refractivity contribution >= 4 is 41.7 Å². The molecule has 1 aliphatic rings. The highest BCUT2D eigenvalue weighted by Crippen LogP contribution is 2.33. The molecule has 1 aromatic heterocycles. The fraction of sp³-hybridized carbons (Fsp3) is 0.609. The number of aromatic nitrogens is 3. The van der Waals surface area contributed by atoms with E-state index in [-0.39, 0.29) is 24.0 Å². The van der Waals surface area contributed by atoms with Crippen LogP contribution in [0.15, 0.2) is 34.4 Å². The van der Waals surface area contributed by atoms with Gasteiger partial charge < -0.3 is 15.2 Å². The maximum absolute atomic E-state index is 4.49. The molecule has 2 aromatic rings. The molecule has 0 amide bonds. The van der Waals surface area contributed by atoms with Crippen molar-refractivity contribution in [1.82, 2.24) is 25.4 Å². The molecule has 8 heteroatoms. The highest BCUT2D eigenvalue weighted by atomic mass is 127. The van der Waals surface area contributed by atoms with E-state index < -0.39 is 0 Å². The first kappa shape index (κ1) is 26.0. The molecule has 2 N–H and O–H groups in total. The van der Waals surface area contributed by atoms with E-state index in [0.717, 1.165) is 42.9 Å². The summed E-state index contributed by atoms with van der Waals surface area (Å²) in [6.07, 6.45) is 9.19. The van der Waals surface area contributed by atoms with Crippen LogP contribution in [0, 0.1) is 6.92 Å². The number of nitrogens with one attached hydrogen (secondary N) is 2. The molecule has 0 bridgehead atoms. The Kier molecular flexibility index (Phi) is 11.1. The molecule has 0 radical (unpaired) electrons. The van der Waals surface area contributed by atoms with E-state index >= 15 is 0 Å². The summed E-state index contributed by atoms with van der Waals surface area (Å²) in [5, 5.41) is 16.9. The summed E-state index contributed by atoms with van der Waals surface area (Å²) >= 11 is 1.70. The predicted octanol–water partition coefficient (Wildman–Crippen LogP) is 4.94. The van der Waals surface area contributed by atoms with E-state index in [2.05, 4.69) is 74.8 Å². The van der Waals surface area contributed by atoms with E-state index in [1.165, 1.54) is 36.8 Å². The second-order valence-electron chi connectivity index (χ2n) is 8.21. The molecule has 1 aromatic carbocycles. The number of aryl methyl sites for hydroxylation is 2. The molecular formula is C23H37IN6S. The number of rotatable bonds is 9. The summed E-state index contributed by atoms with van der Waals surface area (Å²) in [6.45, 7) is 6.08. The number of guanidine groups is 1. The first-order valence-electron chi connectivity index (χ1n) is 11.1. The zero-order valence-electron chi connectivity index (χ0n) is 19.2. The van der Waals surface area contributed by atoms with Crippen LogP contribution >= 0.6 is 35.7 Å². The average molecular weight is 557 g/mol. The van der Waals surface area contributed by atoms with Crippen molar-refractivity contribution in [1.29, 1.82) is 0 Å². The number of hydrogen-bond donors (Lipinski definition) is 2. The van der Waals surface area contributed by atoms with Crippen molar-refractivity contribution in [2.24, 2.45) is 4.99 Å². The molecule has 1 fully saturated rings. The Morgan fingerprint density at radius 1 is 1.19 bits per heavy atom. The van der Waals surface area contributed by atoms with Gasteiger partial charge in [0.05, 0.1) is 0 Å². The Bertz CT molecular complexity index is 814. The van der Waals surface area contributed by atoms with Crippen LogP contribution in [0.25, 0.3) is 0 Å². The summed E-state index contributed by atoms with van der Waals surface area (Å²) in [7, 11) is 1.83. The van der Waals surface area contributed by atoms with Gasteiger partial charge in [0.2, 0.25) is 0 Å². The van der Waals surface area contributed by atoms with Crippen LogP contribution in [0.5, 0.6) is 0 Å². The second-order valence-corrected chi connectivity index (χ2v) is 8.98. The van der Waals surface area contributed by atoms with Crippen molar-refractivity contribution in [3.05, 3.63) is 41.2 Å². The van der Waals surface area contributed by atoms with Crippen LogP contribution in [0.1, 0.15) is 67.9 Å². The maximum atomic E-state index is 4.49. The SMILES string of the molecule is CN=C(NCCCc1nnc(SC)n1C1CCCC1)NCC(C)c1ccc(C)cc1.I. The summed E-state index contributed by atoms with van der Waals surface area (Å²) in [6, 6.07) is 9.35. The Balaban J connectivity index is 0.00000341. The zero-order chi connectivity index (χ0) is 21.3. The lowest BCUT2D eigenvalue weighted by Gasteiger charge is -2.17. The van der Waals surface area contributed by atoms with Gasteiger partial charge in [0.15, 0.2) is 11.1 Å². The molecule has 1 aliphatic carbocycles. The van der Waals surface area contributed by atoms with Gasteiger partial charge >= 0.3 is 0 Å². The van der Waals surface area contributed by atoms with Gasteiger partial charge in [-0.1, -0.05) is 61.4 Å². The topological polar surface area (TPSA) is 67.1 Å². The fourth-order valence-corrected chi connectivity index (χ4v) is 4.66. The molecule has 172 valence electrons. The smallest absolute Gasteiger partial charge is 0.191 e. The molecule has 31 heavy (non-hydrogen) atoms. The maximum Gasteiger partial charge on any atom is 0.191 e. The summed E-state index contributed by atoms with van der Waals surface area (Å²) < 4.78 is 2.40. The lowest BCUT2D eigenvalue weighted by Crippen LogP contribution is -2.39. The van der Waals surface area contributed by atoms with Crippen LogP contribution in [-0.2, 0) is 6.42 Å². The molecular weight excluding hydrogens is 519 g/mol. The number of aliphatic imine (C=N–C) groups is 1. The summed E-state index contributed by atoms with van der Waals surface area (Å²) in [5.41, 5.74) is 2.64. The van der Waals surface area contributed by atoms with Gasteiger partial charge in [-0.2, -0.15) is 0 Å². The van der Waals surface area contributed by atoms with Gasteiger partial charge in [0, 0.05) is 32.6 Å². The van der Waals surface area contributed by atoms with Crippen LogP contribution < -0.4 is 10.6 Å². The molecule has 1 atom stereocenters. The highest BCUT2D eigenvalue weighted by molar-refractivity contribution is 14.0. The van der Waals surface area contributed by atoms with Gasteiger partial charge in [-0.25, -0.2) is 0 Å². The van der Waals surface area contributed by atoms with Gasteiger partial charge in [-0.05, 0) is 43.9 Å². The Labute approximate surface area is 208 Å². The van der Waals surface area contributed by atoms with E-state index in [1.54, 1.807) is 11.8 Å². The quantitative estimate of drug-likeness (QED) is 0.151. The minimum atomic E-state index is 0. The molecule has 1 unspecified atom stereocenters. The van der Waals surface area contributed by atoms with E-state index in [4.69, 9.17) is 0 Å². The third-order valence-electron chi connectivity index (χ3n) is 5.92. The number of benzene rings is 1. The largest absolute Gasteiger partial charge is 0.356 e. The number of nitrogens with zero attached hydrogens (tertiary/aromatic N) is 4. The zero-order valence-corrected chi connectivity index (χ0v) is 22.4. The highest BCUT2D eigenvalue weighted by Gasteiger charge is 2.23. The number of halogens is 1. The summed E-state index contributed by atoms with van der Waals surface area (Å²) in [5.74, 6) is 2.42. The average Bonchev–Trinajstić information content (AvgIpc) is 3.42. The standard InChI is InChI=1S/C23H36N6S.HI/c1-17-11-13-19(14-12-17)18(2)16-26-22(24-3)25-15-7-10-21-27-28-23(30-4)29(21)20-8-5-6-9-20;/h11-14,18,20H,5-10,15-16H2,1-4H3,(H2,24,25,26);1H. The minimum Gasteiger partial charge on any atom is -0.356 e. The molecule has 0 aliphatic heterocycles. The predicted molar refractivity (Wildman–Crippen MR) is 142 cm³/mol. The monoisotopic (exact) mass is 556 g/mol. The Hall–Kier alpha value is -1.29. The van der Waals surface area contributed by atoms with Gasteiger partial charge in [-0.15, -0.1) is 34.2 Å². The Morgan fingerprint density at radius 3 is 2.55 bits per heavy atom. The van der Waals surface area contributed by atoms with Crippen molar-refractivity contribution in [2.45, 2.75) is 69.5 Å². The van der Waals surface area contributed by atoms with Crippen LogP contribution in [0.2, 0.25) is 0 Å². The lowest BCUT2D eigenvalue weighted by molar-refractivity contribution is 0.460. The van der Waals surface area contributed by atoms with Gasteiger partial charge in [0.1, 0.15) is 5.82 Å². The van der Waals surface area contributed by atoms with Crippen molar-refractivity contribution < 1.29 is 0 Å². The lowest BCUT2D eigenvalue weighted by atomic mass is 10.0. The van der Waals surface area contributed by atoms with E-state index in [1.807, 2.05) is 7.05 Å². The molecule has 3 rings (SSSR count). The normalized spacial score (nSPS) is 15.5. The third kappa shape index (κ3) is 7.37. The van der Waals surface area contributed by atoms with Crippen LogP contribution in [-0.4, -0.2) is 47.1 Å². The van der Waals surface area contributed by atoms with Gasteiger partial charge in [-0.3, -0.25) is 4.99 Å².